The van der Waals surface area contributed by atoms with E-state index in [1.54, 1.807) is 17.6 Å². The first-order valence-corrected chi connectivity index (χ1v) is 11.4. The molecule has 1 atom stereocenters. The number of alkyl carbamates (subject to hydrolysis) is 1. The van der Waals surface area contributed by atoms with Crippen molar-refractivity contribution in [1.29, 1.82) is 0 Å². The van der Waals surface area contributed by atoms with E-state index >= 15 is 0 Å². The lowest BCUT2D eigenvalue weighted by molar-refractivity contribution is -0.167. The summed E-state index contributed by atoms with van der Waals surface area (Å²) in [5.41, 5.74) is 1.60. The number of benzene rings is 1. The number of pyridine rings is 2. The Kier molecular flexibility index (Phi) is 4.42. The van der Waals surface area contributed by atoms with Gasteiger partial charge in [-0.05, 0) is 50.0 Å². The molecule has 2 aromatic heterocycles. The zero-order valence-corrected chi connectivity index (χ0v) is 18.7. The number of cyclic esters (lactones) is 1. The van der Waals surface area contributed by atoms with Crippen molar-refractivity contribution in [1.82, 2.24) is 14.9 Å². The zero-order valence-electron chi connectivity index (χ0n) is 18.7. The van der Waals surface area contributed by atoms with Crippen LogP contribution in [0.2, 0.25) is 0 Å². The number of rotatable bonds is 3. The minimum absolute atomic E-state index is 0.0174. The summed E-state index contributed by atoms with van der Waals surface area (Å²) in [6, 6.07) is 11.5. The number of amides is 1. The molecular formula is C26H23N3O5. The standard InChI is InChI=1S/C26H23N3O5/c1-14(2)26(34-25(32)27-17-7-5-8-17)19-11-21-22-16(10-15-6-3-4-9-20(15)28-22)12-29(21)23(30)18(19)13-33-24(26)31/h3-4,6,9-11,17H,1,5,7-8,12-13H2,2H3,(H,27,32)/t26-/m0/s1. The van der Waals surface area contributed by atoms with Gasteiger partial charge in [0.25, 0.3) is 11.2 Å². The van der Waals surface area contributed by atoms with Crippen molar-refractivity contribution in [3.05, 3.63) is 75.6 Å². The van der Waals surface area contributed by atoms with Gasteiger partial charge in [0.1, 0.15) is 6.61 Å². The van der Waals surface area contributed by atoms with Crippen LogP contribution in [0, 0.1) is 0 Å². The maximum absolute atomic E-state index is 13.6. The lowest BCUT2D eigenvalue weighted by atomic mass is 9.83. The van der Waals surface area contributed by atoms with Gasteiger partial charge in [-0.2, -0.15) is 0 Å². The van der Waals surface area contributed by atoms with Crippen LogP contribution in [0.25, 0.3) is 22.3 Å². The van der Waals surface area contributed by atoms with Crippen LogP contribution in [-0.4, -0.2) is 27.7 Å². The van der Waals surface area contributed by atoms with Crippen molar-refractivity contribution in [2.45, 2.75) is 51.0 Å². The van der Waals surface area contributed by atoms with Crippen LogP contribution in [0.3, 0.4) is 0 Å². The summed E-state index contributed by atoms with van der Waals surface area (Å²) in [5, 5.41) is 3.78. The highest BCUT2D eigenvalue weighted by Gasteiger charge is 2.53. The molecule has 6 rings (SSSR count). The lowest BCUT2D eigenvalue weighted by Gasteiger charge is -2.37. The van der Waals surface area contributed by atoms with Gasteiger partial charge in [0.05, 0.1) is 29.0 Å². The molecule has 1 fully saturated rings. The third-order valence-corrected chi connectivity index (χ3v) is 7.06. The van der Waals surface area contributed by atoms with E-state index < -0.39 is 17.7 Å². The normalized spacial score (nSPS) is 20.6. The predicted octanol–water partition coefficient (Wildman–Crippen LogP) is 3.53. The van der Waals surface area contributed by atoms with E-state index in [1.807, 2.05) is 30.3 Å². The Morgan fingerprint density at radius 1 is 1.26 bits per heavy atom. The number of fused-ring (bicyclic) bond motifs is 5. The Balaban J connectivity index is 1.52. The molecule has 8 nitrogen and oxygen atoms in total. The second-order valence-electron chi connectivity index (χ2n) is 9.20. The molecule has 172 valence electrons. The molecule has 34 heavy (non-hydrogen) atoms. The number of aromatic nitrogens is 2. The van der Waals surface area contributed by atoms with Crippen LogP contribution in [0.1, 0.15) is 42.9 Å². The number of nitrogens with zero attached hydrogens (tertiary/aromatic N) is 2. The van der Waals surface area contributed by atoms with Crippen molar-refractivity contribution < 1.29 is 19.1 Å². The highest BCUT2D eigenvalue weighted by Crippen LogP contribution is 2.42. The van der Waals surface area contributed by atoms with Crippen molar-refractivity contribution >= 4 is 23.0 Å². The second-order valence-corrected chi connectivity index (χ2v) is 9.20. The highest BCUT2D eigenvalue weighted by molar-refractivity contribution is 5.91. The molecule has 4 heterocycles. The topological polar surface area (TPSA) is 99.5 Å². The van der Waals surface area contributed by atoms with Gasteiger partial charge in [-0.1, -0.05) is 24.8 Å². The molecule has 1 saturated carbocycles. The molecule has 0 radical (unpaired) electrons. The van der Waals surface area contributed by atoms with Crippen LogP contribution in [0.4, 0.5) is 4.79 Å². The first kappa shape index (κ1) is 20.7. The molecule has 1 aromatic carbocycles. The molecule has 1 aliphatic carbocycles. The third kappa shape index (κ3) is 2.84. The first-order chi connectivity index (χ1) is 16.4. The molecular weight excluding hydrogens is 434 g/mol. The fourth-order valence-electron chi connectivity index (χ4n) is 4.99. The minimum Gasteiger partial charge on any atom is -0.457 e. The molecule has 3 aromatic rings. The van der Waals surface area contributed by atoms with Crippen LogP contribution >= 0.6 is 0 Å². The largest absolute Gasteiger partial charge is 0.457 e. The third-order valence-electron chi connectivity index (χ3n) is 7.06. The molecule has 0 saturated heterocycles. The smallest absolute Gasteiger partial charge is 0.409 e. The SMILES string of the molecule is C=C(C)[C@@]1(OC(=O)NC2CCC2)C(=O)OCc2c1cc1n(c2=O)Cc2cc3ccccc3nc2-1. The summed E-state index contributed by atoms with van der Waals surface area (Å²) in [4.78, 5) is 44.3. The Morgan fingerprint density at radius 3 is 2.79 bits per heavy atom. The first-order valence-electron chi connectivity index (χ1n) is 11.4. The maximum atomic E-state index is 13.6. The lowest BCUT2D eigenvalue weighted by Crippen LogP contribution is -2.51. The number of carbonyl (C=O) groups is 2. The number of esters is 1. The van der Waals surface area contributed by atoms with Crippen LogP contribution in [0.15, 0.2) is 53.3 Å². The van der Waals surface area contributed by atoms with Gasteiger partial charge in [0, 0.05) is 22.6 Å². The fourth-order valence-corrected chi connectivity index (χ4v) is 4.99. The van der Waals surface area contributed by atoms with E-state index in [0.29, 0.717) is 23.5 Å². The molecule has 2 aliphatic heterocycles. The van der Waals surface area contributed by atoms with E-state index in [-0.39, 0.29) is 29.3 Å². The van der Waals surface area contributed by atoms with Crippen molar-refractivity contribution in [2.75, 3.05) is 0 Å². The minimum atomic E-state index is -1.91. The molecule has 1 amide bonds. The molecule has 0 unspecified atom stereocenters. The monoisotopic (exact) mass is 457 g/mol. The van der Waals surface area contributed by atoms with Crippen molar-refractivity contribution in [3.63, 3.8) is 0 Å². The summed E-state index contributed by atoms with van der Waals surface area (Å²) < 4.78 is 12.8. The molecule has 1 N–H and O–H groups in total. The van der Waals surface area contributed by atoms with Crippen molar-refractivity contribution in [3.8, 4) is 11.4 Å². The van der Waals surface area contributed by atoms with Crippen LogP contribution in [0.5, 0.6) is 0 Å². The summed E-state index contributed by atoms with van der Waals surface area (Å²) in [7, 11) is 0. The van der Waals surface area contributed by atoms with E-state index in [0.717, 1.165) is 35.7 Å². The van der Waals surface area contributed by atoms with Gasteiger partial charge in [-0.15, -0.1) is 0 Å². The van der Waals surface area contributed by atoms with E-state index in [9.17, 15) is 14.4 Å². The molecule has 8 heteroatoms. The number of para-hydroxylation sites is 1. The number of hydrogen-bond donors (Lipinski definition) is 1. The summed E-state index contributed by atoms with van der Waals surface area (Å²) in [6.45, 7) is 5.71. The second kappa shape index (κ2) is 7.28. The zero-order chi connectivity index (χ0) is 23.6. The summed E-state index contributed by atoms with van der Waals surface area (Å²) in [6.07, 6.45) is 2.02. The molecule has 3 aliphatic rings. The van der Waals surface area contributed by atoms with Gasteiger partial charge in [0.15, 0.2) is 0 Å². The fraction of sp³-hybridized carbons (Fsp3) is 0.308. The van der Waals surface area contributed by atoms with Crippen LogP contribution in [-0.2, 0) is 33.0 Å². The number of hydrogen-bond acceptors (Lipinski definition) is 6. The van der Waals surface area contributed by atoms with Crippen LogP contribution < -0.4 is 10.9 Å². The average molecular weight is 457 g/mol. The number of ether oxygens (including phenoxy) is 2. The molecule has 0 bridgehead atoms. The number of carbonyl (C=O) groups excluding carboxylic acids is 2. The van der Waals surface area contributed by atoms with E-state index in [1.165, 1.54) is 0 Å². The average Bonchev–Trinajstić information content (AvgIpc) is 3.14. The molecule has 0 spiro atoms. The summed E-state index contributed by atoms with van der Waals surface area (Å²) in [5.74, 6) is -0.759. The Morgan fingerprint density at radius 2 is 2.06 bits per heavy atom. The van der Waals surface area contributed by atoms with Gasteiger partial charge in [0.2, 0.25) is 0 Å². The Hall–Kier alpha value is -3.94. The Bertz CT molecular complexity index is 1470. The van der Waals surface area contributed by atoms with Crippen molar-refractivity contribution in [2.24, 2.45) is 0 Å². The van der Waals surface area contributed by atoms with Gasteiger partial charge in [-0.25, -0.2) is 14.6 Å². The Labute approximate surface area is 195 Å². The van der Waals surface area contributed by atoms with Gasteiger partial charge < -0.3 is 19.4 Å². The predicted molar refractivity (Wildman–Crippen MR) is 124 cm³/mol. The number of nitrogens with one attached hydrogen (secondary N) is 1. The van der Waals surface area contributed by atoms with Gasteiger partial charge >= 0.3 is 12.1 Å². The van der Waals surface area contributed by atoms with E-state index in [4.69, 9.17) is 14.5 Å². The summed E-state index contributed by atoms with van der Waals surface area (Å²) >= 11 is 0. The quantitative estimate of drug-likeness (QED) is 0.373. The highest BCUT2D eigenvalue weighted by atomic mass is 16.6. The van der Waals surface area contributed by atoms with Gasteiger partial charge in [-0.3, -0.25) is 4.79 Å². The maximum Gasteiger partial charge on any atom is 0.409 e. The van der Waals surface area contributed by atoms with E-state index in [2.05, 4.69) is 11.9 Å².